The van der Waals surface area contributed by atoms with Crippen LogP contribution in [0.3, 0.4) is 0 Å². The molecule has 0 unspecified atom stereocenters. The molecule has 0 aromatic carbocycles. The number of piperidine rings is 1. The largest absolute Gasteiger partial charge is 0.393 e. The Labute approximate surface area is 100 Å². The van der Waals surface area contributed by atoms with Crippen LogP contribution >= 0.6 is 0 Å². The predicted octanol–water partition coefficient (Wildman–Crippen LogP) is 1.56. The van der Waals surface area contributed by atoms with Crippen LogP contribution in [-0.4, -0.2) is 60.3 Å². The fraction of sp³-hybridized carbons (Fsp3) is 1.00. The number of hydrogen-bond acceptors (Lipinski definition) is 3. The zero-order valence-electron chi connectivity index (χ0n) is 11.2. The normalized spacial score (nSPS) is 24.6. The minimum absolute atomic E-state index is 0.0324. The molecule has 2 saturated heterocycles. The number of aliphatic hydroxyl groups is 1. The van der Waals surface area contributed by atoms with Gasteiger partial charge in [0.2, 0.25) is 0 Å². The van der Waals surface area contributed by atoms with E-state index in [0.717, 1.165) is 25.9 Å². The van der Waals surface area contributed by atoms with Crippen LogP contribution in [0.1, 0.15) is 39.5 Å². The lowest BCUT2D eigenvalue weighted by atomic mass is 10.1. The zero-order chi connectivity index (χ0) is 12.0. The average Bonchev–Trinajstić information content (AvgIpc) is 2.71. The molecule has 0 saturated carbocycles. The van der Waals surface area contributed by atoms with E-state index in [9.17, 15) is 5.11 Å². The maximum absolute atomic E-state index is 9.18. The van der Waals surface area contributed by atoms with Gasteiger partial charge in [0.05, 0.1) is 6.10 Å². The van der Waals surface area contributed by atoms with Crippen LogP contribution in [0, 0.1) is 0 Å². The van der Waals surface area contributed by atoms with E-state index in [1.807, 2.05) is 0 Å². The molecule has 0 amide bonds. The van der Waals surface area contributed by atoms with Crippen LogP contribution in [-0.2, 0) is 0 Å². The monoisotopic (exact) mass is 228 g/mol. The summed E-state index contributed by atoms with van der Waals surface area (Å²) in [4.78, 5) is 4.77. The first-order valence-electron chi connectivity index (χ1n) is 6.70. The van der Waals surface area contributed by atoms with Crippen LogP contribution < -0.4 is 0 Å². The summed E-state index contributed by atoms with van der Waals surface area (Å²) in [6, 6.07) is 0.646. The highest BCUT2D eigenvalue weighted by Gasteiger charge is 2.18. The Balaban J connectivity index is 0.000000181. The molecule has 0 aromatic heterocycles. The molecule has 3 nitrogen and oxygen atoms in total. The molecule has 16 heavy (non-hydrogen) atoms. The quantitative estimate of drug-likeness (QED) is 0.738. The summed E-state index contributed by atoms with van der Waals surface area (Å²) in [6.45, 7) is 9.19. The summed E-state index contributed by atoms with van der Waals surface area (Å²) in [7, 11) is 2.17. The topological polar surface area (TPSA) is 26.7 Å². The maximum Gasteiger partial charge on any atom is 0.0564 e. The molecule has 0 bridgehead atoms. The molecule has 0 spiro atoms. The van der Waals surface area contributed by atoms with Gasteiger partial charge in [0, 0.05) is 19.1 Å². The molecule has 2 aliphatic rings. The van der Waals surface area contributed by atoms with Crippen molar-refractivity contribution in [1.82, 2.24) is 9.80 Å². The highest BCUT2D eigenvalue weighted by atomic mass is 16.3. The number of hydrogen-bond donors (Lipinski definition) is 1. The van der Waals surface area contributed by atoms with Crippen molar-refractivity contribution >= 4 is 0 Å². The third-order valence-electron chi connectivity index (χ3n) is 3.56. The van der Waals surface area contributed by atoms with Gasteiger partial charge in [-0.2, -0.15) is 0 Å². The van der Waals surface area contributed by atoms with E-state index in [2.05, 4.69) is 30.7 Å². The van der Waals surface area contributed by atoms with Crippen molar-refractivity contribution < 1.29 is 5.11 Å². The Kier molecular flexibility index (Phi) is 6.32. The van der Waals surface area contributed by atoms with Crippen molar-refractivity contribution in [3.8, 4) is 0 Å². The number of rotatable bonds is 1. The van der Waals surface area contributed by atoms with Crippen molar-refractivity contribution in [2.45, 2.75) is 51.7 Å². The van der Waals surface area contributed by atoms with Crippen LogP contribution in [0.15, 0.2) is 0 Å². The van der Waals surface area contributed by atoms with Gasteiger partial charge in [-0.1, -0.05) is 0 Å². The van der Waals surface area contributed by atoms with Gasteiger partial charge in [0.1, 0.15) is 0 Å². The minimum Gasteiger partial charge on any atom is -0.393 e. The SMILES string of the molecule is CC(C)N1CCC(O)CC1.CN1CCCC1. The van der Waals surface area contributed by atoms with E-state index in [4.69, 9.17) is 0 Å². The van der Waals surface area contributed by atoms with Crippen molar-refractivity contribution in [3.05, 3.63) is 0 Å². The Bertz CT molecular complexity index is 171. The molecule has 2 heterocycles. The van der Waals surface area contributed by atoms with Gasteiger partial charge in [-0.05, 0) is 59.7 Å². The third kappa shape index (κ3) is 5.28. The molecule has 3 heteroatoms. The second-order valence-electron chi connectivity index (χ2n) is 5.37. The van der Waals surface area contributed by atoms with Gasteiger partial charge in [0.25, 0.3) is 0 Å². The molecular formula is C13H28N2O. The highest BCUT2D eigenvalue weighted by molar-refractivity contribution is 4.72. The summed E-state index contributed by atoms with van der Waals surface area (Å²) < 4.78 is 0. The molecule has 0 atom stereocenters. The van der Waals surface area contributed by atoms with Gasteiger partial charge in [-0.25, -0.2) is 0 Å². The lowest BCUT2D eigenvalue weighted by Crippen LogP contribution is -2.39. The van der Waals surface area contributed by atoms with E-state index in [1.54, 1.807) is 0 Å². The molecule has 2 aliphatic heterocycles. The average molecular weight is 228 g/mol. The lowest BCUT2D eigenvalue weighted by molar-refractivity contribution is 0.0685. The summed E-state index contributed by atoms with van der Waals surface area (Å²) >= 11 is 0. The number of nitrogens with zero attached hydrogens (tertiary/aromatic N) is 2. The molecule has 0 aromatic rings. The summed E-state index contributed by atoms with van der Waals surface area (Å²) in [5.74, 6) is 0. The van der Waals surface area contributed by atoms with E-state index in [-0.39, 0.29) is 6.10 Å². The van der Waals surface area contributed by atoms with Gasteiger partial charge in [0.15, 0.2) is 0 Å². The Morgan fingerprint density at radius 2 is 1.50 bits per heavy atom. The summed E-state index contributed by atoms with van der Waals surface area (Å²) in [5.41, 5.74) is 0. The standard InChI is InChI=1S/C8H17NO.C5H11N/c1-7(2)9-5-3-8(10)4-6-9;1-6-4-2-3-5-6/h7-8,10H,3-6H2,1-2H3;2-5H2,1H3. The van der Waals surface area contributed by atoms with Gasteiger partial charge < -0.3 is 14.9 Å². The van der Waals surface area contributed by atoms with Crippen molar-refractivity contribution in [1.29, 1.82) is 0 Å². The summed E-state index contributed by atoms with van der Waals surface area (Å²) in [5, 5.41) is 9.18. The first-order valence-corrected chi connectivity index (χ1v) is 6.70. The highest BCUT2D eigenvalue weighted by Crippen LogP contribution is 2.11. The lowest BCUT2D eigenvalue weighted by Gasteiger charge is -2.32. The fourth-order valence-electron chi connectivity index (χ4n) is 2.28. The Morgan fingerprint density at radius 1 is 1.00 bits per heavy atom. The van der Waals surface area contributed by atoms with Crippen LogP contribution in [0.25, 0.3) is 0 Å². The van der Waals surface area contributed by atoms with Gasteiger partial charge in [-0.3, -0.25) is 0 Å². The molecule has 2 rings (SSSR count). The van der Waals surface area contributed by atoms with Crippen LogP contribution in [0.4, 0.5) is 0 Å². The Hall–Kier alpha value is -0.120. The summed E-state index contributed by atoms with van der Waals surface area (Å²) in [6.07, 6.45) is 4.71. The van der Waals surface area contributed by atoms with Gasteiger partial charge in [-0.15, -0.1) is 0 Å². The number of likely N-dealkylation sites (tertiary alicyclic amines) is 2. The number of aliphatic hydroxyl groups excluding tert-OH is 1. The zero-order valence-corrected chi connectivity index (χ0v) is 11.2. The second kappa shape index (κ2) is 7.25. The van der Waals surface area contributed by atoms with Crippen molar-refractivity contribution in [2.24, 2.45) is 0 Å². The van der Waals surface area contributed by atoms with Crippen molar-refractivity contribution in [3.63, 3.8) is 0 Å². The predicted molar refractivity (Wildman–Crippen MR) is 68.7 cm³/mol. The molecular weight excluding hydrogens is 200 g/mol. The van der Waals surface area contributed by atoms with E-state index < -0.39 is 0 Å². The Morgan fingerprint density at radius 3 is 1.81 bits per heavy atom. The van der Waals surface area contributed by atoms with E-state index in [1.165, 1.54) is 25.9 Å². The first kappa shape index (κ1) is 13.9. The fourth-order valence-corrected chi connectivity index (χ4v) is 2.28. The first-order chi connectivity index (χ1) is 7.59. The smallest absolute Gasteiger partial charge is 0.0564 e. The van der Waals surface area contributed by atoms with Crippen molar-refractivity contribution in [2.75, 3.05) is 33.2 Å². The molecule has 96 valence electrons. The maximum atomic E-state index is 9.18. The second-order valence-corrected chi connectivity index (χ2v) is 5.37. The van der Waals surface area contributed by atoms with Crippen LogP contribution in [0.2, 0.25) is 0 Å². The molecule has 0 radical (unpaired) electrons. The van der Waals surface area contributed by atoms with Gasteiger partial charge >= 0.3 is 0 Å². The van der Waals surface area contributed by atoms with E-state index >= 15 is 0 Å². The molecule has 2 fully saturated rings. The molecule has 0 aliphatic carbocycles. The van der Waals surface area contributed by atoms with E-state index in [0.29, 0.717) is 6.04 Å². The minimum atomic E-state index is -0.0324. The third-order valence-corrected chi connectivity index (χ3v) is 3.56. The molecule has 1 N–H and O–H groups in total. The van der Waals surface area contributed by atoms with Crippen LogP contribution in [0.5, 0.6) is 0 Å².